The van der Waals surface area contributed by atoms with Crippen molar-refractivity contribution < 1.29 is 23.4 Å². The molecule has 2 aliphatic heterocycles. The number of Topliss-reactive ketones (excluding diaryl/α,β-unsaturated/α-hetero) is 1. The van der Waals surface area contributed by atoms with Crippen molar-refractivity contribution in [2.45, 2.75) is 6.54 Å². The first-order valence-corrected chi connectivity index (χ1v) is 11.7. The van der Waals surface area contributed by atoms with Crippen LogP contribution in [0.25, 0.3) is 21.7 Å². The Balaban J connectivity index is 1.40. The van der Waals surface area contributed by atoms with Crippen LogP contribution >= 0.6 is 11.3 Å². The molecule has 1 aromatic carbocycles. The molecule has 0 atom stereocenters. The second kappa shape index (κ2) is 8.58. The number of benzene rings is 1. The average molecular weight is 481 g/mol. The minimum absolute atomic E-state index is 0.244. The first-order valence-electron chi connectivity index (χ1n) is 10.9. The van der Waals surface area contributed by atoms with Crippen molar-refractivity contribution in [3.8, 4) is 23.0 Å². The van der Waals surface area contributed by atoms with E-state index in [1.807, 2.05) is 0 Å². The second-order valence-electron chi connectivity index (χ2n) is 7.84. The van der Waals surface area contributed by atoms with Crippen LogP contribution in [-0.4, -0.2) is 60.1 Å². The Morgan fingerprint density at radius 3 is 2.68 bits per heavy atom. The number of thiazole rings is 1. The lowest BCUT2D eigenvalue weighted by Gasteiger charge is -2.25. The van der Waals surface area contributed by atoms with E-state index in [1.165, 1.54) is 11.3 Å². The minimum Gasteiger partial charge on any atom is -0.486 e. The summed E-state index contributed by atoms with van der Waals surface area (Å²) in [4.78, 5) is 33.1. The highest BCUT2D eigenvalue weighted by Gasteiger charge is 2.24. The Morgan fingerprint density at radius 2 is 1.88 bits per heavy atom. The van der Waals surface area contributed by atoms with Gasteiger partial charge in [-0.25, -0.2) is 9.67 Å². The van der Waals surface area contributed by atoms with Crippen LogP contribution in [0.1, 0.15) is 10.4 Å². The number of nitrogens with zero attached hydrogens (tertiary/aromatic N) is 4. The summed E-state index contributed by atoms with van der Waals surface area (Å²) in [5, 5.41) is 5.24. The molecule has 0 unspecified atom stereocenters. The number of hydrogen-bond acceptors (Lipinski definition) is 10. The topological polar surface area (TPSA) is 109 Å². The van der Waals surface area contributed by atoms with Gasteiger partial charge in [-0.2, -0.15) is 5.10 Å². The van der Waals surface area contributed by atoms with E-state index in [0.29, 0.717) is 72.7 Å². The van der Waals surface area contributed by atoms with Crippen molar-refractivity contribution in [2.24, 2.45) is 0 Å². The molecule has 1 saturated heterocycles. The molecule has 0 radical (unpaired) electrons. The highest BCUT2D eigenvalue weighted by atomic mass is 32.1. The minimum atomic E-state index is -0.424. The maximum absolute atomic E-state index is 13.3. The first-order chi connectivity index (χ1) is 16.7. The highest BCUT2D eigenvalue weighted by molar-refractivity contribution is 7.22. The predicted octanol–water partition coefficient (Wildman–Crippen LogP) is 2.60. The number of morpholine rings is 1. The zero-order valence-corrected chi connectivity index (χ0v) is 18.9. The van der Waals surface area contributed by atoms with Gasteiger partial charge in [0.25, 0.3) is 5.56 Å². The summed E-state index contributed by atoms with van der Waals surface area (Å²) >= 11 is 1.39. The summed E-state index contributed by atoms with van der Waals surface area (Å²) < 4.78 is 23.9. The van der Waals surface area contributed by atoms with Crippen LogP contribution in [0, 0.1) is 0 Å². The normalized spacial score (nSPS) is 15.6. The van der Waals surface area contributed by atoms with E-state index >= 15 is 0 Å². The van der Waals surface area contributed by atoms with Crippen LogP contribution in [0.2, 0.25) is 0 Å². The zero-order chi connectivity index (χ0) is 23.1. The van der Waals surface area contributed by atoms with Crippen LogP contribution in [-0.2, 0) is 11.3 Å². The van der Waals surface area contributed by atoms with E-state index in [9.17, 15) is 9.59 Å². The van der Waals surface area contributed by atoms with Gasteiger partial charge in [-0.1, -0.05) is 11.3 Å². The van der Waals surface area contributed by atoms with E-state index in [4.69, 9.17) is 18.6 Å². The van der Waals surface area contributed by atoms with Gasteiger partial charge < -0.3 is 23.5 Å². The molecular weight excluding hydrogens is 460 g/mol. The standard InChI is InChI=1S/C23H20N4O6S/c28-15(14-3-4-16-18(12-14)33-11-10-32-16)13-27-22(29)20-21(19(25-27)17-2-1-7-31-17)34-23(24-20)26-5-8-30-9-6-26/h1-4,7,12H,5-6,8-11,13H2. The van der Waals surface area contributed by atoms with Crippen molar-refractivity contribution in [1.82, 2.24) is 14.8 Å². The van der Waals surface area contributed by atoms with E-state index in [2.05, 4.69) is 15.0 Å². The lowest BCUT2D eigenvalue weighted by Crippen LogP contribution is -2.36. The Kier molecular flexibility index (Phi) is 5.27. The Labute approximate surface area is 197 Å². The highest BCUT2D eigenvalue weighted by Crippen LogP contribution is 2.34. The molecule has 34 heavy (non-hydrogen) atoms. The van der Waals surface area contributed by atoms with Gasteiger partial charge in [0, 0.05) is 18.7 Å². The van der Waals surface area contributed by atoms with Gasteiger partial charge in [0.1, 0.15) is 25.5 Å². The molecule has 10 nitrogen and oxygen atoms in total. The molecule has 0 N–H and O–H groups in total. The molecular formula is C23H20N4O6S. The van der Waals surface area contributed by atoms with Gasteiger partial charge in [0.2, 0.25) is 0 Å². The number of rotatable bonds is 5. The van der Waals surface area contributed by atoms with Gasteiger partial charge in [-0.05, 0) is 30.3 Å². The summed E-state index contributed by atoms with van der Waals surface area (Å²) in [7, 11) is 0. The lowest BCUT2D eigenvalue weighted by molar-refractivity contribution is 0.0964. The van der Waals surface area contributed by atoms with Crippen molar-refractivity contribution in [1.29, 1.82) is 0 Å². The molecule has 11 heteroatoms. The molecule has 174 valence electrons. The number of ketones is 1. The van der Waals surface area contributed by atoms with Gasteiger partial charge in [-0.3, -0.25) is 9.59 Å². The van der Waals surface area contributed by atoms with E-state index in [-0.39, 0.29) is 17.8 Å². The van der Waals surface area contributed by atoms with Crippen LogP contribution in [0.3, 0.4) is 0 Å². The summed E-state index contributed by atoms with van der Waals surface area (Å²) in [5.74, 6) is 1.33. The second-order valence-corrected chi connectivity index (χ2v) is 8.82. The van der Waals surface area contributed by atoms with Gasteiger partial charge in [0.15, 0.2) is 33.7 Å². The van der Waals surface area contributed by atoms with Gasteiger partial charge >= 0.3 is 0 Å². The predicted molar refractivity (Wildman–Crippen MR) is 124 cm³/mol. The summed E-state index contributed by atoms with van der Waals surface area (Å²) in [6.07, 6.45) is 1.54. The van der Waals surface area contributed by atoms with Crippen molar-refractivity contribution in [2.75, 3.05) is 44.4 Å². The van der Waals surface area contributed by atoms with Gasteiger partial charge in [0.05, 0.1) is 24.2 Å². The molecule has 5 heterocycles. The molecule has 3 aromatic heterocycles. The third kappa shape index (κ3) is 3.72. The lowest BCUT2D eigenvalue weighted by atomic mass is 10.1. The molecule has 6 rings (SSSR count). The van der Waals surface area contributed by atoms with E-state index in [0.717, 1.165) is 9.81 Å². The third-order valence-corrected chi connectivity index (χ3v) is 6.81. The number of hydrogen-bond donors (Lipinski definition) is 0. The summed E-state index contributed by atoms with van der Waals surface area (Å²) in [5.41, 5.74) is 0.728. The smallest absolute Gasteiger partial charge is 0.294 e. The molecule has 0 spiro atoms. The number of aromatic nitrogens is 3. The summed E-state index contributed by atoms with van der Waals surface area (Å²) in [6.45, 7) is 3.24. The fourth-order valence-electron chi connectivity index (χ4n) is 3.96. The number of furan rings is 1. The zero-order valence-electron chi connectivity index (χ0n) is 18.1. The van der Waals surface area contributed by atoms with Crippen LogP contribution < -0.4 is 19.9 Å². The fourth-order valence-corrected chi connectivity index (χ4v) is 5.06. The fraction of sp³-hybridized carbons (Fsp3) is 0.304. The summed E-state index contributed by atoms with van der Waals surface area (Å²) in [6, 6.07) is 8.51. The van der Waals surface area contributed by atoms with Crippen molar-refractivity contribution in [3.63, 3.8) is 0 Å². The maximum atomic E-state index is 13.3. The van der Waals surface area contributed by atoms with Crippen molar-refractivity contribution >= 4 is 32.5 Å². The Bertz CT molecular complexity index is 1420. The molecule has 2 aliphatic rings. The Hall–Kier alpha value is -3.70. The largest absolute Gasteiger partial charge is 0.486 e. The molecule has 4 aromatic rings. The molecule has 0 amide bonds. The number of fused-ring (bicyclic) bond motifs is 2. The van der Waals surface area contributed by atoms with E-state index in [1.54, 1.807) is 36.6 Å². The van der Waals surface area contributed by atoms with Gasteiger partial charge in [-0.15, -0.1) is 0 Å². The van der Waals surface area contributed by atoms with Crippen molar-refractivity contribution in [3.05, 3.63) is 52.5 Å². The Morgan fingerprint density at radius 1 is 1.06 bits per heavy atom. The van der Waals surface area contributed by atoms with Crippen LogP contribution in [0.4, 0.5) is 5.13 Å². The molecule has 0 aliphatic carbocycles. The monoisotopic (exact) mass is 480 g/mol. The first kappa shape index (κ1) is 20.9. The number of carbonyl (C=O) groups is 1. The average Bonchev–Trinajstić information content (AvgIpc) is 3.57. The van der Waals surface area contributed by atoms with Crippen LogP contribution in [0.5, 0.6) is 11.5 Å². The van der Waals surface area contributed by atoms with Crippen LogP contribution in [0.15, 0.2) is 45.8 Å². The molecule has 0 saturated carbocycles. The molecule has 0 bridgehead atoms. The number of carbonyl (C=O) groups excluding carboxylic acids is 1. The molecule has 1 fully saturated rings. The maximum Gasteiger partial charge on any atom is 0.294 e. The number of anilines is 1. The number of ether oxygens (including phenoxy) is 3. The SMILES string of the molecule is O=C(Cn1nc(-c2ccco2)c2sc(N3CCOCC3)nc2c1=O)c1ccc2c(c1)OCCO2. The third-order valence-electron chi connectivity index (χ3n) is 5.68. The van der Waals surface area contributed by atoms with E-state index < -0.39 is 5.56 Å². The quantitative estimate of drug-likeness (QED) is 0.398.